The van der Waals surface area contributed by atoms with E-state index < -0.39 is 6.09 Å². The van der Waals surface area contributed by atoms with E-state index in [0.717, 1.165) is 48.5 Å². The SMILES string of the molecule is Cc1c(OCC2(N)CC2)nc(-c2nccs2)c2c1CC(CNCCC1CN(c3ccc4c(n3)NC(=O)CO4)C(=O)O1)C2. The maximum Gasteiger partial charge on any atom is 0.415 e. The van der Waals surface area contributed by atoms with Gasteiger partial charge in [-0.25, -0.2) is 19.7 Å². The predicted molar refractivity (Wildman–Crippen MR) is 156 cm³/mol. The first kappa shape index (κ1) is 27.0. The summed E-state index contributed by atoms with van der Waals surface area (Å²) in [5, 5.41) is 9.14. The molecule has 0 aromatic carbocycles. The van der Waals surface area contributed by atoms with Gasteiger partial charge in [0.2, 0.25) is 5.88 Å². The first-order valence-corrected chi connectivity index (χ1v) is 15.2. The molecule has 2 fully saturated rings. The van der Waals surface area contributed by atoms with Gasteiger partial charge >= 0.3 is 6.09 Å². The quantitative estimate of drug-likeness (QED) is 0.300. The summed E-state index contributed by atoms with van der Waals surface area (Å²) < 4.78 is 17.1. The molecule has 2 aliphatic heterocycles. The van der Waals surface area contributed by atoms with Gasteiger partial charge in [0.1, 0.15) is 29.2 Å². The Morgan fingerprint density at radius 1 is 1.24 bits per heavy atom. The van der Waals surface area contributed by atoms with E-state index >= 15 is 0 Å². The Morgan fingerprint density at radius 3 is 2.90 bits per heavy atom. The molecular weight excluding hydrogens is 558 g/mol. The fourth-order valence-electron chi connectivity index (χ4n) is 5.75. The minimum atomic E-state index is -0.445. The normalized spacial score (nSPS) is 21.8. The van der Waals surface area contributed by atoms with Crippen LogP contribution in [0.4, 0.5) is 16.4 Å². The van der Waals surface area contributed by atoms with Crippen LogP contribution >= 0.6 is 11.3 Å². The highest BCUT2D eigenvalue weighted by atomic mass is 32.1. The predicted octanol–water partition coefficient (Wildman–Crippen LogP) is 2.83. The van der Waals surface area contributed by atoms with E-state index in [-0.39, 0.29) is 24.2 Å². The van der Waals surface area contributed by atoms with Crippen molar-refractivity contribution in [2.45, 2.75) is 50.7 Å². The van der Waals surface area contributed by atoms with E-state index in [1.807, 2.05) is 11.6 Å². The van der Waals surface area contributed by atoms with Crippen molar-refractivity contribution >= 4 is 35.0 Å². The van der Waals surface area contributed by atoms with Crippen LogP contribution in [0.15, 0.2) is 23.7 Å². The van der Waals surface area contributed by atoms with Gasteiger partial charge in [-0.2, -0.15) is 0 Å². The summed E-state index contributed by atoms with van der Waals surface area (Å²) in [6.07, 6.45) is 5.62. The fourth-order valence-corrected chi connectivity index (χ4v) is 6.40. The zero-order chi connectivity index (χ0) is 28.8. The first-order chi connectivity index (χ1) is 20.3. The Labute approximate surface area is 247 Å². The average molecular weight is 592 g/mol. The minimum Gasteiger partial charge on any atom is -0.480 e. The molecule has 4 aliphatic rings. The van der Waals surface area contributed by atoms with E-state index in [9.17, 15) is 9.59 Å². The zero-order valence-electron chi connectivity index (χ0n) is 23.4. The molecule has 3 aromatic heterocycles. The van der Waals surface area contributed by atoms with Crippen LogP contribution in [0.2, 0.25) is 0 Å². The van der Waals surface area contributed by atoms with Gasteiger partial charge in [0, 0.05) is 17.1 Å². The molecule has 42 heavy (non-hydrogen) atoms. The topological polar surface area (TPSA) is 154 Å². The number of cyclic esters (lactones) is 1. The van der Waals surface area contributed by atoms with Gasteiger partial charge in [-0.1, -0.05) is 0 Å². The largest absolute Gasteiger partial charge is 0.480 e. The third kappa shape index (κ3) is 5.39. The molecule has 13 heteroatoms. The third-order valence-corrected chi connectivity index (χ3v) is 9.11. The summed E-state index contributed by atoms with van der Waals surface area (Å²) in [7, 11) is 0. The smallest absolute Gasteiger partial charge is 0.415 e. The molecule has 0 radical (unpaired) electrons. The number of nitrogens with zero attached hydrogens (tertiary/aromatic N) is 4. The van der Waals surface area contributed by atoms with Crippen molar-refractivity contribution in [3.8, 4) is 22.3 Å². The monoisotopic (exact) mass is 591 g/mol. The number of ether oxygens (including phenoxy) is 3. The summed E-state index contributed by atoms with van der Waals surface area (Å²) >= 11 is 1.59. The second-order valence-electron chi connectivity index (χ2n) is 11.6. The van der Waals surface area contributed by atoms with Crippen molar-refractivity contribution in [2.24, 2.45) is 11.7 Å². The number of carbonyl (C=O) groups is 2. The highest BCUT2D eigenvalue weighted by Gasteiger charge is 2.40. The van der Waals surface area contributed by atoms with E-state index in [4.69, 9.17) is 24.9 Å². The van der Waals surface area contributed by atoms with Crippen LogP contribution in [-0.4, -0.2) is 71.4 Å². The summed E-state index contributed by atoms with van der Waals surface area (Å²) in [6.45, 7) is 4.48. The maximum absolute atomic E-state index is 12.6. The Balaban J connectivity index is 0.947. The lowest BCUT2D eigenvalue weighted by Crippen LogP contribution is -2.30. The summed E-state index contributed by atoms with van der Waals surface area (Å²) in [4.78, 5) is 39.6. The molecule has 4 N–H and O–H groups in total. The number of thiazole rings is 1. The second kappa shape index (κ2) is 10.8. The maximum atomic E-state index is 12.6. The van der Waals surface area contributed by atoms with E-state index in [1.54, 1.807) is 23.5 Å². The Morgan fingerprint density at radius 2 is 2.10 bits per heavy atom. The molecule has 2 amide bonds. The van der Waals surface area contributed by atoms with Crippen LogP contribution in [0.1, 0.15) is 36.0 Å². The standard InChI is InChI=1S/C29H33N7O5S/c1-16-19-10-17(11-20(19)24(27-32-8-9-42-27)35-26(16)40-15-29(30)5-6-29)12-31-7-4-18-13-36(28(38)41-18)22-3-2-21-25(33-22)34-23(37)14-39-21/h2-3,8-9,17-18,31H,4-7,10-15,30H2,1H3,(H,33,34,37). The molecule has 2 aliphatic carbocycles. The number of fused-ring (bicyclic) bond motifs is 2. The summed E-state index contributed by atoms with van der Waals surface area (Å²) in [5.74, 6) is 2.02. The highest BCUT2D eigenvalue weighted by Crippen LogP contribution is 2.40. The Kier molecular flexibility index (Phi) is 6.95. The van der Waals surface area contributed by atoms with Crippen LogP contribution in [-0.2, 0) is 22.4 Å². The molecule has 3 aromatic rings. The summed E-state index contributed by atoms with van der Waals surface area (Å²) in [6, 6.07) is 3.40. The molecule has 0 spiro atoms. The third-order valence-electron chi connectivity index (χ3n) is 8.33. The lowest BCUT2D eigenvalue weighted by atomic mass is 10.0. The Bertz CT molecular complexity index is 1530. The summed E-state index contributed by atoms with van der Waals surface area (Å²) in [5.41, 5.74) is 10.6. The molecular formula is C29H33N7O5S. The van der Waals surface area contributed by atoms with E-state index in [2.05, 4.69) is 27.5 Å². The Hall–Kier alpha value is -3.81. The number of anilines is 2. The highest BCUT2D eigenvalue weighted by molar-refractivity contribution is 7.13. The number of pyridine rings is 2. The van der Waals surface area contributed by atoms with Crippen molar-refractivity contribution in [1.82, 2.24) is 20.3 Å². The number of hydrogen-bond acceptors (Lipinski definition) is 11. The van der Waals surface area contributed by atoms with Crippen LogP contribution in [0.3, 0.4) is 0 Å². The zero-order valence-corrected chi connectivity index (χ0v) is 24.2. The molecule has 12 nitrogen and oxygen atoms in total. The van der Waals surface area contributed by atoms with E-state index in [0.29, 0.717) is 55.3 Å². The van der Waals surface area contributed by atoms with Crippen LogP contribution in [0, 0.1) is 12.8 Å². The number of carbonyl (C=O) groups excluding carboxylic acids is 2. The molecule has 1 saturated carbocycles. The number of amides is 2. The molecule has 5 heterocycles. The molecule has 220 valence electrons. The second-order valence-corrected chi connectivity index (χ2v) is 12.5. The number of aromatic nitrogens is 3. The van der Waals surface area contributed by atoms with Crippen molar-refractivity contribution in [1.29, 1.82) is 0 Å². The van der Waals surface area contributed by atoms with E-state index in [1.165, 1.54) is 16.0 Å². The molecule has 0 bridgehead atoms. The number of hydrogen-bond donors (Lipinski definition) is 3. The van der Waals surface area contributed by atoms with Gasteiger partial charge in [-0.15, -0.1) is 11.3 Å². The number of nitrogens with two attached hydrogens (primary N) is 1. The van der Waals surface area contributed by atoms with Gasteiger partial charge in [0.15, 0.2) is 18.2 Å². The first-order valence-electron chi connectivity index (χ1n) is 14.3. The van der Waals surface area contributed by atoms with Crippen molar-refractivity contribution < 1.29 is 23.8 Å². The van der Waals surface area contributed by atoms with Crippen molar-refractivity contribution in [3.63, 3.8) is 0 Å². The minimum absolute atomic E-state index is 0.0455. The van der Waals surface area contributed by atoms with Crippen LogP contribution in [0.5, 0.6) is 11.6 Å². The molecule has 2 unspecified atom stereocenters. The number of rotatable bonds is 10. The lowest BCUT2D eigenvalue weighted by molar-refractivity contribution is -0.118. The van der Waals surface area contributed by atoms with Crippen LogP contribution in [0.25, 0.3) is 10.7 Å². The fraction of sp³-hybridized carbons (Fsp3) is 0.483. The van der Waals surface area contributed by atoms with Gasteiger partial charge in [-0.05, 0) is 81.3 Å². The van der Waals surface area contributed by atoms with Crippen molar-refractivity contribution in [2.75, 3.05) is 43.1 Å². The molecule has 1 saturated heterocycles. The number of nitrogens with one attached hydrogen (secondary N) is 2. The van der Waals surface area contributed by atoms with Gasteiger partial charge in [-0.3, -0.25) is 9.69 Å². The van der Waals surface area contributed by atoms with Gasteiger partial charge < -0.3 is 30.6 Å². The van der Waals surface area contributed by atoms with Crippen LogP contribution < -0.4 is 30.7 Å². The lowest BCUT2D eigenvalue weighted by Gasteiger charge is -2.19. The molecule has 7 rings (SSSR count). The van der Waals surface area contributed by atoms with Gasteiger partial charge in [0.25, 0.3) is 5.91 Å². The average Bonchev–Trinajstić information content (AvgIpc) is 3.38. The molecule has 2 atom stereocenters. The van der Waals surface area contributed by atoms with Crippen molar-refractivity contribution in [3.05, 3.63) is 40.4 Å². The van der Waals surface area contributed by atoms with Gasteiger partial charge in [0.05, 0.1) is 12.1 Å².